The van der Waals surface area contributed by atoms with Crippen LogP contribution >= 0.6 is 11.3 Å². The van der Waals surface area contributed by atoms with Crippen LogP contribution in [0.25, 0.3) is 6.08 Å². The van der Waals surface area contributed by atoms with Crippen LogP contribution in [-0.2, 0) is 9.59 Å². The number of aromatic nitrogens is 1. The number of para-hydroxylation sites is 1. The van der Waals surface area contributed by atoms with E-state index in [1.54, 1.807) is 29.4 Å². The van der Waals surface area contributed by atoms with Gasteiger partial charge in [0.1, 0.15) is 6.04 Å². The lowest BCUT2D eigenvalue weighted by Gasteiger charge is -2.23. The van der Waals surface area contributed by atoms with Crippen molar-refractivity contribution in [2.75, 3.05) is 18.5 Å². The molecule has 124 valence electrons. The van der Waals surface area contributed by atoms with Crippen molar-refractivity contribution >= 4 is 34.9 Å². The molecule has 2 aromatic rings. The molecule has 1 aliphatic rings. The highest BCUT2D eigenvalue weighted by atomic mass is 32.1. The van der Waals surface area contributed by atoms with Gasteiger partial charge in [0.15, 0.2) is 0 Å². The summed E-state index contributed by atoms with van der Waals surface area (Å²) < 4.78 is 0. The number of carbonyl (C=O) groups is 2. The third kappa shape index (κ3) is 3.38. The predicted octanol–water partition coefficient (Wildman–Crippen LogP) is 2.73. The van der Waals surface area contributed by atoms with Crippen molar-refractivity contribution in [3.8, 4) is 0 Å². The Balaban J connectivity index is 1.67. The minimum Gasteiger partial charge on any atom is -0.330 e. The highest BCUT2D eigenvalue weighted by Crippen LogP contribution is 2.23. The Morgan fingerprint density at radius 3 is 2.79 bits per heavy atom. The van der Waals surface area contributed by atoms with Gasteiger partial charge in [-0.1, -0.05) is 18.2 Å². The van der Waals surface area contributed by atoms with E-state index >= 15 is 0 Å². The van der Waals surface area contributed by atoms with E-state index in [1.165, 1.54) is 11.0 Å². The highest BCUT2D eigenvalue weighted by molar-refractivity contribution is 7.09. The molecule has 24 heavy (non-hydrogen) atoms. The number of hydrogen-bond acceptors (Lipinski definition) is 4. The normalized spacial score (nSPS) is 17.7. The Morgan fingerprint density at radius 1 is 1.38 bits per heavy atom. The van der Waals surface area contributed by atoms with Crippen LogP contribution in [0.2, 0.25) is 0 Å². The second-order valence-corrected chi connectivity index (χ2v) is 6.77. The van der Waals surface area contributed by atoms with Crippen LogP contribution in [0.4, 0.5) is 5.69 Å². The van der Waals surface area contributed by atoms with Crippen LogP contribution < -0.4 is 4.90 Å². The number of nitrogens with zero attached hydrogens (tertiary/aromatic N) is 3. The lowest BCUT2D eigenvalue weighted by molar-refractivity contribution is -0.132. The Morgan fingerprint density at radius 2 is 2.12 bits per heavy atom. The van der Waals surface area contributed by atoms with E-state index in [4.69, 9.17) is 0 Å². The van der Waals surface area contributed by atoms with Gasteiger partial charge in [0.05, 0.1) is 10.7 Å². The monoisotopic (exact) mass is 341 g/mol. The van der Waals surface area contributed by atoms with Crippen molar-refractivity contribution < 1.29 is 9.59 Å². The molecule has 5 nitrogen and oxygen atoms in total. The summed E-state index contributed by atoms with van der Waals surface area (Å²) in [5.41, 5.74) is 1.64. The fourth-order valence-electron chi connectivity index (χ4n) is 2.77. The molecule has 0 N–H and O–H groups in total. The zero-order chi connectivity index (χ0) is 17.1. The van der Waals surface area contributed by atoms with Crippen LogP contribution in [0, 0.1) is 6.92 Å². The number of carbonyl (C=O) groups excluding carboxylic acids is 2. The molecule has 2 amide bonds. The van der Waals surface area contributed by atoms with Crippen LogP contribution in [0.3, 0.4) is 0 Å². The van der Waals surface area contributed by atoms with Gasteiger partial charge in [-0.25, -0.2) is 4.98 Å². The molecule has 1 aliphatic heterocycles. The molecule has 1 saturated heterocycles. The Labute approximate surface area is 145 Å². The number of thiazole rings is 1. The first-order valence-corrected chi connectivity index (χ1v) is 8.67. The first kappa shape index (κ1) is 16.4. The Bertz CT molecular complexity index is 770. The highest BCUT2D eigenvalue weighted by Gasteiger charge is 2.36. The lowest BCUT2D eigenvalue weighted by atomic mass is 10.2. The van der Waals surface area contributed by atoms with E-state index in [-0.39, 0.29) is 11.8 Å². The third-order valence-electron chi connectivity index (χ3n) is 4.09. The van der Waals surface area contributed by atoms with Crippen molar-refractivity contribution in [2.24, 2.45) is 0 Å². The van der Waals surface area contributed by atoms with E-state index in [0.29, 0.717) is 13.0 Å². The van der Waals surface area contributed by atoms with Crippen molar-refractivity contribution in [1.82, 2.24) is 9.88 Å². The van der Waals surface area contributed by atoms with Gasteiger partial charge in [-0.15, -0.1) is 11.3 Å². The standard InChI is InChI=1S/C18H19N3O2S/c1-13-19-14(12-24-13)8-9-17(22)20(2)16-10-11-21(18(16)23)15-6-4-3-5-7-15/h3-9,12,16H,10-11H2,1-2H3/b9-8-/t16-/m1/s1. The molecular formula is C18H19N3O2S. The summed E-state index contributed by atoms with van der Waals surface area (Å²) in [6, 6.07) is 9.13. The van der Waals surface area contributed by atoms with Gasteiger partial charge in [0, 0.05) is 30.7 Å². The topological polar surface area (TPSA) is 53.5 Å². The Kier molecular flexibility index (Phi) is 4.76. The van der Waals surface area contributed by atoms with Crippen molar-refractivity contribution in [2.45, 2.75) is 19.4 Å². The van der Waals surface area contributed by atoms with E-state index in [0.717, 1.165) is 16.4 Å². The Hall–Kier alpha value is -2.47. The van der Waals surface area contributed by atoms with E-state index in [2.05, 4.69) is 4.98 Å². The predicted molar refractivity (Wildman–Crippen MR) is 95.9 cm³/mol. The molecule has 1 aromatic carbocycles. The molecule has 6 heteroatoms. The number of amides is 2. The molecule has 0 aliphatic carbocycles. The van der Waals surface area contributed by atoms with Gasteiger partial charge in [0.25, 0.3) is 0 Å². The van der Waals surface area contributed by atoms with Gasteiger partial charge in [-0.05, 0) is 31.6 Å². The smallest absolute Gasteiger partial charge is 0.249 e. The SMILES string of the molecule is Cc1nc(/C=C\C(=O)N(C)[C@@H]2CCN(c3ccccc3)C2=O)cs1. The largest absolute Gasteiger partial charge is 0.330 e. The third-order valence-corrected chi connectivity index (χ3v) is 4.89. The van der Waals surface area contributed by atoms with Gasteiger partial charge in [-0.3, -0.25) is 9.59 Å². The summed E-state index contributed by atoms with van der Waals surface area (Å²) in [7, 11) is 1.68. The average Bonchev–Trinajstić information content (AvgIpc) is 3.18. The van der Waals surface area contributed by atoms with Crippen LogP contribution in [0.15, 0.2) is 41.8 Å². The van der Waals surface area contributed by atoms with Crippen LogP contribution in [0.5, 0.6) is 0 Å². The van der Waals surface area contributed by atoms with Gasteiger partial charge >= 0.3 is 0 Å². The zero-order valence-electron chi connectivity index (χ0n) is 13.7. The fraction of sp³-hybridized carbons (Fsp3) is 0.278. The molecule has 0 saturated carbocycles. The van der Waals surface area contributed by atoms with Crippen LogP contribution in [-0.4, -0.2) is 41.3 Å². The average molecular weight is 341 g/mol. The molecule has 0 radical (unpaired) electrons. The number of hydrogen-bond donors (Lipinski definition) is 0. The quantitative estimate of drug-likeness (QED) is 0.804. The number of anilines is 1. The maximum absolute atomic E-state index is 12.6. The molecule has 3 rings (SSSR count). The fourth-order valence-corrected chi connectivity index (χ4v) is 3.35. The maximum Gasteiger partial charge on any atom is 0.249 e. The summed E-state index contributed by atoms with van der Waals surface area (Å²) >= 11 is 1.54. The molecule has 1 atom stereocenters. The van der Waals surface area contributed by atoms with Gasteiger partial charge < -0.3 is 9.80 Å². The molecule has 1 aromatic heterocycles. The van der Waals surface area contributed by atoms with Gasteiger partial charge in [0.2, 0.25) is 11.8 Å². The maximum atomic E-state index is 12.6. The van der Waals surface area contributed by atoms with E-state index in [1.807, 2.05) is 42.6 Å². The van der Waals surface area contributed by atoms with Crippen LogP contribution in [0.1, 0.15) is 17.1 Å². The molecule has 0 unspecified atom stereocenters. The second-order valence-electron chi connectivity index (χ2n) is 5.70. The molecule has 0 spiro atoms. The van der Waals surface area contributed by atoms with Crippen molar-refractivity contribution in [3.63, 3.8) is 0 Å². The zero-order valence-corrected chi connectivity index (χ0v) is 14.5. The summed E-state index contributed by atoms with van der Waals surface area (Å²) in [4.78, 5) is 32.5. The summed E-state index contributed by atoms with van der Waals surface area (Å²) in [6.07, 6.45) is 3.81. The summed E-state index contributed by atoms with van der Waals surface area (Å²) in [5.74, 6) is -0.219. The number of aryl methyl sites for hydroxylation is 1. The van der Waals surface area contributed by atoms with E-state index < -0.39 is 6.04 Å². The van der Waals surface area contributed by atoms with Crippen molar-refractivity contribution in [3.05, 3.63) is 52.5 Å². The molecule has 0 bridgehead atoms. The number of likely N-dealkylation sites (N-methyl/N-ethyl adjacent to an activating group) is 1. The number of benzene rings is 1. The summed E-state index contributed by atoms with van der Waals surface area (Å²) in [6.45, 7) is 2.55. The number of rotatable bonds is 4. The van der Waals surface area contributed by atoms with E-state index in [9.17, 15) is 9.59 Å². The molecule has 2 heterocycles. The van der Waals surface area contributed by atoms with Crippen molar-refractivity contribution in [1.29, 1.82) is 0 Å². The first-order valence-electron chi connectivity index (χ1n) is 7.79. The minimum absolute atomic E-state index is 0.0325. The molecule has 1 fully saturated rings. The minimum atomic E-state index is -0.417. The summed E-state index contributed by atoms with van der Waals surface area (Å²) in [5, 5.41) is 2.86. The molecular weight excluding hydrogens is 322 g/mol. The van der Waals surface area contributed by atoms with Gasteiger partial charge in [-0.2, -0.15) is 0 Å². The first-order chi connectivity index (χ1) is 11.6. The second kappa shape index (κ2) is 6.97. The lowest BCUT2D eigenvalue weighted by Crippen LogP contribution is -2.42.